The van der Waals surface area contributed by atoms with Crippen LogP contribution in [0.2, 0.25) is 5.02 Å². The number of nitrogens with one attached hydrogen (secondary N) is 2. The fourth-order valence-electron chi connectivity index (χ4n) is 2.27. The minimum absolute atomic E-state index is 0.135. The predicted molar refractivity (Wildman–Crippen MR) is 87.0 cm³/mol. The molecule has 110 valence electrons. The van der Waals surface area contributed by atoms with Gasteiger partial charge in [-0.1, -0.05) is 23.7 Å². The van der Waals surface area contributed by atoms with Crippen LogP contribution < -0.4 is 10.6 Å². The first-order valence-corrected chi connectivity index (χ1v) is 7.62. The number of hydrogen-bond acceptors (Lipinski definition) is 4. The lowest BCUT2D eigenvalue weighted by Crippen LogP contribution is -2.10. The first-order valence-electron chi connectivity index (χ1n) is 7.24. The zero-order chi connectivity index (χ0) is 14.8. The Morgan fingerprint density at radius 3 is 2.62 bits per heavy atom. The summed E-state index contributed by atoms with van der Waals surface area (Å²) in [5.41, 5.74) is 1.14. The van der Waals surface area contributed by atoms with Crippen molar-refractivity contribution in [2.45, 2.75) is 31.7 Å². The Kier molecular flexibility index (Phi) is 3.97. The molecule has 1 heterocycles. The van der Waals surface area contributed by atoms with Gasteiger partial charge in [-0.2, -0.15) is 0 Å². The molecule has 1 aliphatic carbocycles. The van der Waals surface area contributed by atoms with Crippen LogP contribution in [0, 0.1) is 0 Å². The van der Waals surface area contributed by atoms with Crippen LogP contribution in [0.3, 0.4) is 0 Å². The van der Waals surface area contributed by atoms with E-state index in [4.69, 9.17) is 11.6 Å². The summed E-state index contributed by atoms with van der Waals surface area (Å²) < 4.78 is 0. The van der Waals surface area contributed by atoms with Gasteiger partial charge in [0.15, 0.2) is 0 Å². The van der Waals surface area contributed by atoms with Gasteiger partial charge in [0.2, 0.25) is 0 Å². The lowest BCUT2D eigenvalue weighted by Gasteiger charge is -2.16. The number of anilines is 2. The molecule has 3 rings (SSSR count). The maximum absolute atomic E-state index is 6.05. The van der Waals surface area contributed by atoms with E-state index in [0.29, 0.717) is 5.92 Å². The first-order chi connectivity index (χ1) is 10.2. The maximum Gasteiger partial charge on any atom is 0.136 e. The molecule has 5 heteroatoms. The molecule has 1 aromatic heterocycles. The third-order valence-corrected chi connectivity index (χ3v) is 3.89. The third kappa shape index (κ3) is 3.45. The molecule has 0 spiro atoms. The van der Waals surface area contributed by atoms with Crippen molar-refractivity contribution in [3.8, 4) is 0 Å². The Bertz CT molecular complexity index is 640. The molecular weight excluding hydrogens is 284 g/mol. The van der Waals surface area contributed by atoms with E-state index in [1.54, 1.807) is 0 Å². The van der Waals surface area contributed by atoms with Crippen molar-refractivity contribution in [2.24, 2.45) is 0 Å². The molecule has 1 aromatic carbocycles. The number of halogens is 1. The van der Waals surface area contributed by atoms with Gasteiger partial charge in [-0.05, 0) is 37.5 Å². The number of hydrogen-bond donors (Lipinski definition) is 2. The molecule has 0 amide bonds. The van der Waals surface area contributed by atoms with Crippen molar-refractivity contribution in [3.63, 3.8) is 0 Å². The van der Waals surface area contributed by atoms with Gasteiger partial charge < -0.3 is 10.6 Å². The van der Waals surface area contributed by atoms with E-state index in [1.165, 1.54) is 12.8 Å². The topological polar surface area (TPSA) is 49.8 Å². The van der Waals surface area contributed by atoms with E-state index in [9.17, 15) is 0 Å². The Morgan fingerprint density at radius 2 is 1.95 bits per heavy atom. The molecule has 2 N–H and O–H groups in total. The second kappa shape index (κ2) is 5.90. The highest BCUT2D eigenvalue weighted by Gasteiger charge is 2.27. The van der Waals surface area contributed by atoms with Gasteiger partial charge in [0.1, 0.15) is 17.5 Å². The van der Waals surface area contributed by atoms with E-state index in [0.717, 1.165) is 28.0 Å². The molecule has 2 aromatic rings. The van der Waals surface area contributed by atoms with Gasteiger partial charge in [-0.15, -0.1) is 0 Å². The van der Waals surface area contributed by atoms with Crippen LogP contribution in [0.4, 0.5) is 11.6 Å². The fourth-order valence-corrected chi connectivity index (χ4v) is 2.47. The highest BCUT2D eigenvalue weighted by atomic mass is 35.5. The molecule has 1 atom stereocenters. The number of rotatable bonds is 5. The molecule has 0 saturated heterocycles. The quantitative estimate of drug-likeness (QED) is 0.868. The smallest absolute Gasteiger partial charge is 0.136 e. The Labute approximate surface area is 130 Å². The van der Waals surface area contributed by atoms with Crippen molar-refractivity contribution in [1.29, 1.82) is 0 Å². The van der Waals surface area contributed by atoms with E-state index in [2.05, 4.69) is 33.6 Å². The SMILES string of the molecule is CNc1cc(NC(C)c2cccc(Cl)c2)nc(C2CC2)n1. The maximum atomic E-state index is 6.05. The van der Waals surface area contributed by atoms with Gasteiger partial charge in [0.25, 0.3) is 0 Å². The van der Waals surface area contributed by atoms with Crippen LogP contribution in [-0.4, -0.2) is 17.0 Å². The Hall–Kier alpha value is -1.81. The van der Waals surface area contributed by atoms with Gasteiger partial charge >= 0.3 is 0 Å². The van der Waals surface area contributed by atoms with Crippen LogP contribution in [0.1, 0.15) is 43.1 Å². The first kappa shape index (κ1) is 14.1. The van der Waals surface area contributed by atoms with Crippen LogP contribution in [0.5, 0.6) is 0 Å². The van der Waals surface area contributed by atoms with Crippen LogP contribution in [0.25, 0.3) is 0 Å². The zero-order valence-corrected chi connectivity index (χ0v) is 13.0. The van der Waals surface area contributed by atoms with Crippen LogP contribution in [-0.2, 0) is 0 Å². The largest absolute Gasteiger partial charge is 0.373 e. The standard InChI is InChI=1S/C16H19ClN4/c1-10(12-4-3-5-13(17)8-12)19-15-9-14(18-2)20-16(21-15)11-6-7-11/h3-5,8-11H,6-7H2,1-2H3,(H2,18,19,20,21). The molecule has 0 aliphatic heterocycles. The van der Waals surface area contributed by atoms with Crippen molar-refractivity contribution >= 4 is 23.2 Å². The lowest BCUT2D eigenvalue weighted by atomic mass is 10.1. The van der Waals surface area contributed by atoms with E-state index in [1.807, 2.05) is 31.3 Å². The monoisotopic (exact) mass is 302 g/mol. The molecule has 4 nitrogen and oxygen atoms in total. The summed E-state index contributed by atoms with van der Waals surface area (Å²) in [5, 5.41) is 7.28. The minimum Gasteiger partial charge on any atom is -0.373 e. The second-order valence-electron chi connectivity index (χ2n) is 5.44. The number of aromatic nitrogens is 2. The molecular formula is C16H19ClN4. The molecule has 0 radical (unpaired) electrons. The average Bonchev–Trinajstić information content (AvgIpc) is 3.31. The van der Waals surface area contributed by atoms with Gasteiger partial charge in [-0.3, -0.25) is 0 Å². The van der Waals surface area contributed by atoms with Crippen molar-refractivity contribution in [2.75, 3.05) is 17.7 Å². The summed E-state index contributed by atoms with van der Waals surface area (Å²) in [6.07, 6.45) is 2.38. The molecule has 1 fully saturated rings. The molecule has 1 aliphatic rings. The highest BCUT2D eigenvalue weighted by molar-refractivity contribution is 6.30. The van der Waals surface area contributed by atoms with Crippen molar-refractivity contribution in [3.05, 3.63) is 46.7 Å². The van der Waals surface area contributed by atoms with Gasteiger partial charge in [0, 0.05) is 30.1 Å². The number of benzene rings is 1. The van der Waals surface area contributed by atoms with Crippen LogP contribution >= 0.6 is 11.6 Å². The van der Waals surface area contributed by atoms with Gasteiger partial charge in [-0.25, -0.2) is 9.97 Å². The van der Waals surface area contributed by atoms with E-state index in [-0.39, 0.29) is 6.04 Å². The van der Waals surface area contributed by atoms with Crippen molar-refractivity contribution < 1.29 is 0 Å². The molecule has 0 bridgehead atoms. The van der Waals surface area contributed by atoms with Crippen molar-refractivity contribution in [1.82, 2.24) is 9.97 Å². The molecule has 1 saturated carbocycles. The number of nitrogens with zero attached hydrogens (tertiary/aromatic N) is 2. The summed E-state index contributed by atoms with van der Waals surface area (Å²) >= 11 is 6.05. The summed E-state index contributed by atoms with van der Waals surface area (Å²) in [5.74, 6) is 3.17. The fraction of sp³-hybridized carbons (Fsp3) is 0.375. The summed E-state index contributed by atoms with van der Waals surface area (Å²) in [6.45, 7) is 2.10. The summed E-state index contributed by atoms with van der Waals surface area (Å²) in [7, 11) is 1.88. The third-order valence-electron chi connectivity index (χ3n) is 3.66. The summed E-state index contributed by atoms with van der Waals surface area (Å²) in [6, 6.07) is 9.95. The minimum atomic E-state index is 0.135. The average molecular weight is 303 g/mol. The Morgan fingerprint density at radius 1 is 1.19 bits per heavy atom. The van der Waals surface area contributed by atoms with E-state index < -0.39 is 0 Å². The van der Waals surface area contributed by atoms with Crippen LogP contribution in [0.15, 0.2) is 30.3 Å². The van der Waals surface area contributed by atoms with E-state index >= 15 is 0 Å². The normalized spacial score (nSPS) is 15.6. The molecule has 21 heavy (non-hydrogen) atoms. The Balaban J connectivity index is 1.81. The summed E-state index contributed by atoms with van der Waals surface area (Å²) in [4.78, 5) is 9.16. The lowest BCUT2D eigenvalue weighted by molar-refractivity contribution is 0.855. The zero-order valence-electron chi connectivity index (χ0n) is 12.2. The predicted octanol–water partition coefficient (Wildman–Crippen LogP) is 4.22. The highest BCUT2D eigenvalue weighted by Crippen LogP contribution is 2.39. The second-order valence-corrected chi connectivity index (χ2v) is 5.88. The van der Waals surface area contributed by atoms with Gasteiger partial charge in [0.05, 0.1) is 0 Å². The molecule has 1 unspecified atom stereocenters.